The number of hydrogen-bond acceptors (Lipinski definition) is 3. The van der Waals surface area contributed by atoms with Gasteiger partial charge in [-0.2, -0.15) is 0 Å². The summed E-state index contributed by atoms with van der Waals surface area (Å²) in [5, 5.41) is 1.78. The quantitative estimate of drug-likeness (QED) is 0.739. The van der Waals surface area contributed by atoms with Gasteiger partial charge in [0.1, 0.15) is 0 Å². The molecule has 2 heterocycles. The number of likely N-dealkylation sites (tertiary alicyclic amines) is 1. The number of amides is 2. The van der Waals surface area contributed by atoms with Crippen molar-refractivity contribution in [2.75, 3.05) is 6.54 Å². The number of nitrogens with zero attached hydrogens (tertiary/aromatic N) is 1. The largest absolute Gasteiger partial charge is 0.278 e. The average Bonchev–Trinajstić information content (AvgIpc) is 2.83. The fourth-order valence-electron chi connectivity index (χ4n) is 2.06. The van der Waals surface area contributed by atoms with E-state index < -0.39 is 0 Å². The van der Waals surface area contributed by atoms with Crippen LogP contribution in [-0.2, 0) is 4.79 Å². The van der Waals surface area contributed by atoms with Crippen LogP contribution in [0.15, 0.2) is 15.2 Å². The van der Waals surface area contributed by atoms with Crippen LogP contribution in [0, 0.1) is 11.3 Å². The lowest BCUT2D eigenvalue weighted by molar-refractivity contribution is -0.125. The first-order valence-electron chi connectivity index (χ1n) is 5.88. The lowest BCUT2D eigenvalue weighted by atomic mass is 9.80. The third kappa shape index (κ3) is 2.67. The third-order valence-electron chi connectivity index (χ3n) is 3.41. The van der Waals surface area contributed by atoms with Gasteiger partial charge in [-0.3, -0.25) is 14.5 Å². The average molecular weight is 330 g/mol. The van der Waals surface area contributed by atoms with E-state index in [9.17, 15) is 9.59 Å². The van der Waals surface area contributed by atoms with Gasteiger partial charge in [-0.1, -0.05) is 20.8 Å². The van der Waals surface area contributed by atoms with Crippen LogP contribution in [-0.4, -0.2) is 23.3 Å². The van der Waals surface area contributed by atoms with Gasteiger partial charge < -0.3 is 0 Å². The lowest BCUT2D eigenvalue weighted by Gasteiger charge is -2.25. The van der Waals surface area contributed by atoms with Crippen LogP contribution >= 0.6 is 27.3 Å². The number of hydrogen-bond donors (Lipinski definition) is 0. The van der Waals surface area contributed by atoms with Gasteiger partial charge in [0.15, 0.2) is 0 Å². The molecular formula is C13H16BrNO2S. The van der Waals surface area contributed by atoms with Crippen LogP contribution in [0.3, 0.4) is 0 Å². The Hall–Kier alpha value is -0.680. The fraction of sp³-hybridized carbons (Fsp3) is 0.538. The molecule has 1 aliphatic rings. The molecule has 98 valence electrons. The summed E-state index contributed by atoms with van der Waals surface area (Å²) >= 11 is 4.79. The molecule has 1 atom stereocenters. The Balaban J connectivity index is 2.15. The van der Waals surface area contributed by atoms with Crippen molar-refractivity contribution < 1.29 is 9.59 Å². The molecular weight excluding hydrogens is 314 g/mol. The number of halogens is 1. The highest BCUT2D eigenvalue weighted by Crippen LogP contribution is 2.35. The minimum Gasteiger partial charge on any atom is -0.278 e. The van der Waals surface area contributed by atoms with Gasteiger partial charge in [0, 0.05) is 18.3 Å². The molecule has 1 saturated heterocycles. The highest BCUT2D eigenvalue weighted by Gasteiger charge is 2.39. The summed E-state index contributed by atoms with van der Waals surface area (Å²) in [6, 6.07) is 1.77. The Bertz CT molecular complexity index is 489. The Morgan fingerprint density at radius 2 is 2.17 bits per heavy atom. The van der Waals surface area contributed by atoms with Crippen molar-refractivity contribution in [1.29, 1.82) is 0 Å². The molecule has 5 heteroatoms. The molecule has 1 fully saturated rings. The van der Waals surface area contributed by atoms with Crippen molar-refractivity contribution in [1.82, 2.24) is 4.90 Å². The van der Waals surface area contributed by atoms with Gasteiger partial charge in [0.25, 0.3) is 5.91 Å². The Morgan fingerprint density at radius 1 is 1.50 bits per heavy atom. The first-order chi connectivity index (χ1) is 8.29. The molecule has 3 nitrogen and oxygen atoms in total. The highest BCUT2D eigenvalue weighted by atomic mass is 79.9. The molecule has 0 aliphatic carbocycles. The number of thiophene rings is 1. The molecule has 18 heavy (non-hydrogen) atoms. The minimum absolute atomic E-state index is 0.0535. The predicted molar refractivity (Wildman–Crippen MR) is 75.6 cm³/mol. The fourth-order valence-corrected chi connectivity index (χ4v) is 3.19. The van der Waals surface area contributed by atoms with E-state index in [2.05, 4.69) is 36.7 Å². The Morgan fingerprint density at radius 3 is 2.61 bits per heavy atom. The van der Waals surface area contributed by atoms with Crippen LogP contribution in [0.5, 0.6) is 0 Å². The molecule has 0 bridgehead atoms. The molecule has 1 aromatic heterocycles. The van der Waals surface area contributed by atoms with E-state index in [0.29, 0.717) is 18.5 Å². The minimum atomic E-state index is -0.172. The second kappa shape index (κ2) is 4.78. The van der Waals surface area contributed by atoms with Gasteiger partial charge >= 0.3 is 0 Å². The summed E-state index contributed by atoms with van der Waals surface area (Å²) in [6.45, 7) is 6.87. The molecule has 2 rings (SSSR count). The standard InChI is InChI=1S/C13H16BrNO2S/c1-13(2,3)9-5-11(16)15(6-9)12(17)8-4-10(14)18-7-8/h4,7,9H,5-6H2,1-3H3. The Labute approximate surface area is 119 Å². The molecule has 2 amide bonds. The maximum absolute atomic E-state index is 12.2. The molecule has 0 radical (unpaired) electrons. The summed E-state index contributed by atoms with van der Waals surface area (Å²) in [5.74, 6) is 0.0203. The molecule has 1 unspecified atom stereocenters. The molecule has 0 saturated carbocycles. The summed E-state index contributed by atoms with van der Waals surface area (Å²) in [6.07, 6.45) is 0.473. The zero-order valence-electron chi connectivity index (χ0n) is 10.7. The van der Waals surface area contributed by atoms with Crippen molar-refractivity contribution >= 4 is 39.1 Å². The SMILES string of the molecule is CC(C)(C)C1CC(=O)N(C(=O)c2csc(Br)c2)C1. The molecule has 0 spiro atoms. The Kier molecular flexibility index (Phi) is 3.65. The number of rotatable bonds is 1. The van der Waals surface area contributed by atoms with Gasteiger partial charge in [0.2, 0.25) is 5.91 Å². The van der Waals surface area contributed by atoms with Crippen LogP contribution in [0.1, 0.15) is 37.6 Å². The molecule has 0 aromatic carbocycles. The maximum Gasteiger partial charge on any atom is 0.261 e. The van der Waals surface area contributed by atoms with Crippen molar-refractivity contribution in [3.63, 3.8) is 0 Å². The maximum atomic E-state index is 12.2. The van der Waals surface area contributed by atoms with Crippen molar-refractivity contribution in [2.45, 2.75) is 27.2 Å². The topological polar surface area (TPSA) is 37.4 Å². The smallest absolute Gasteiger partial charge is 0.261 e. The van der Waals surface area contributed by atoms with E-state index in [1.807, 2.05) is 0 Å². The van der Waals surface area contributed by atoms with Crippen LogP contribution in [0.4, 0.5) is 0 Å². The van der Waals surface area contributed by atoms with Crippen LogP contribution in [0.2, 0.25) is 0 Å². The van der Waals surface area contributed by atoms with Crippen molar-refractivity contribution in [2.24, 2.45) is 11.3 Å². The van der Waals surface area contributed by atoms with E-state index in [4.69, 9.17) is 0 Å². The van der Waals surface area contributed by atoms with Crippen LogP contribution < -0.4 is 0 Å². The summed E-state index contributed by atoms with van der Waals surface area (Å²) < 4.78 is 0.907. The zero-order chi connectivity index (χ0) is 13.5. The monoisotopic (exact) mass is 329 g/mol. The van der Waals surface area contributed by atoms with E-state index in [1.54, 1.807) is 11.4 Å². The first-order valence-corrected chi connectivity index (χ1v) is 7.55. The second-order valence-corrected chi connectivity index (χ2v) is 8.01. The summed E-state index contributed by atoms with van der Waals surface area (Å²) in [4.78, 5) is 25.6. The van der Waals surface area contributed by atoms with Crippen molar-refractivity contribution in [3.05, 3.63) is 20.8 Å². The number of imide groups is 1. The van der Waals surface area contributed by atoms with E-state index in [0.717, 1.165) is 3.79 Å². The van der Waals surface area contributed by atoms with Crippen LogP contribution in [0.25, 0.3) is 0 Å². The van der Waals surface area contributed by atoms with Gasteiger partial charge in [-0.05, 0) is 33.3 Å². The number of carbonyl (C=O) groups is 2. The van der Waals surface area contributed by atoms with E-state index in [-0.39, 0.29) is 23.1 Å². The van der Waals surface area contributed by atoms with Gasteiger partial charge in [-0.15, -0.1) is 11.3 Å². The summed E-state index contributed by atoms with van der Waals surface area (Å²) in [5.41, 5.74) is 0.648. The number of carbonyl (C=O) groups excluding carboxylic acids is 2. The second-order valence-electron chi connectivity index (χ2n) is 5.72. The van der Waals surface area contributed by atoms with Gasteiger partial charge in [0.05, 0.1) is 9.35 Å². The van der Waals surface area contributed by atoms with Crippen molar-refractivity contribution in [3.8, 4) is 0 Å². The molecule has 1 aliphatic heterocycles. The first kappa shape index (κ1) is 13.7. The zero-order valence-corrected chi connectivity index (χ0v) is 13.1. The third-order valence-corrected chi connectivity index (χ3v) is 4.91. The van der Waals surface area contributed by atoms with E-state index >= 15 is 0 Å². The normalized spacial score (nSPS) is 20.6. The van der Waals surface area contributed by atoms with Gasteiger partial charge in [-0.25, -0.2) is 0 Å². The lowest BCUT2D eigenvalue weighted by Crippen LogP contribution is -2.33. The van der Waals surface area contributed by atoms with E-state index in [1.165, 1.54) is 16.2 Å². The highest BCUT2D eigenvalue weighted by molar-refractivity contribution is 9.11. The predicted octanol–water partition coefficient (Wildman–Crippen LogP) is 3.55. The summed E-state index contributed by atoms with van der Waals surface area (Å²) in [7, 11) is 0. The molecule has 1 aromatic rings. The molecule has 0 N–H and O–H groups in total.